The Kier molecular flexibility index (Phi) is 7.87. The molecule has 1 aliphatic heterocycles. The second-order valence-corrected chi connectivity index (χ2v) is 17.2. The molecule has 9 heteroatoms. The number of esters is 1. The monoisotopic (exact) mass is 630 g/mol. The van der Waals surface area contributed by atoms with Gasteiger partial charge in [0.25, 0.3) is 0 Å². The van der Waals surface area contributed by atoms with Gasteiger partial charge in [0.1, 0.15) is 19.0 Å². The number of ether oxygens (including phenoxy) is 4. The molecule has 0 aromatic rings. The standard InChI is InChI=1S/C36H54O9/c1-20-17-22(30(32(5,6)41)43-21(2)39)44-28-27(20)33(7)13-14-36-19-35(36)12-11-25(45-26(18-38)42-16-15-37)31(3,4)23(35)9-10-24(36)34(33,8)29(28)40/h15,18,20,22-28,30,41H,9-14,16-17,19H2,1-8H3/t20-,22-,23+,24+,25+,26+,27?,28+,30+,33-,34-,35-,36+/m1/s1. The second kappa shape index (κ2) is 10.7. The van der Waals surface area contributed by atoms with Crippen LogP contribution < -0.4 is 0 Å². The fourth-order valence-corrected chi connectivity index (χ4v) is 12.7. The van der Waals surface area contributed by atoms with E-state index in [0.717, 1.165) is 44.9 Å². The van der Waals surface area contributed by atoms with E-state index < -0.39 is 41.6 Å². The second-order valence-electron chi connectivity index (χ2n) is 17.2. The van der Waals surface area contributed by atoms with Crippen LogP contribution in [0.15, 0.2) is 0 Å². The van der Waals surface area contributed by atoms with Crippen LogP contribution in [0.25, 0.3) is 0 Å². The van der Waals surface area contributed by atoms with Crippen LogP contribution in [0.4, 0.5) is 0 Å². The molecule has 0 aromatic carbocycles. The van der Waals surface area contributed by atoms with Crippen molar-refractivity contribution in [3.8, 4) is 0 Å². The zero-order chi connectivity index (χ0) is 33.0. The zero-order valence-corrected chi connectivity index (χ0v) is 28.4. The molecule has 5 aliphatic carbocycles. The van der Waals surface area contributed by atoms with Gasteiger partial charge in [0.05, 0.1) is 17.8 Å². The molecule has 6 fully saturated rings. The number of aliphatic hydroxyl groups is 1. The smallest absolute Gasteiger partial charge is 0.303 e. The van der Waals surface area contributed by atoms with E-state index in [1.165, 1.54) is 6.92 Å². The van der Waals surface area contributed by atoms with Crippen LogP contribution in [0.5, 0.6) is 0 Å². The summed E-state index contributed by atoms with van der Waals surface area (Å²) < 4.78 is 23.9. The summed E-state index contributed by atoms with van der Waals surface area (Å²) in [5.41, 5.74) is -2.00. The first-order chi connectivity index (χ1) is 20.9. The minimum atomic E-state index is -1.31. The van der Waals surface area contributed by atoms with Crippen LogP contribution in [0.1, 0.15) is 107 Å². The summed E-state index contributed by atoms with van der Waals surface area (Å²) in [6.45, 7) is 15.8. The number of hydrogen-bond donors (Lipinski definition) is 1. The Morgan fingerprint density at radius 2 is 1.73 bits per heavy atom. The van der Waals surface area contributed by atoms with Gasteiger partial charge in [-0.1, -0.05) is 34.6 Å². The molecule has 2 spiro atoms. The quantitative estimate of drug-likeness (QED) is 0.217. The lowest BCUT2D eigenvalue weighted by atomic mass is 9.41. The third-order valence-corrected chi connectivity index (χ3v) is 14.6. The highest BCUT2D eigenvalue weighted by atomic mass is 16.7. The van der Waals surface area contributed by atoms with Crippen molar-refractivity contribution in [1.29, 1.82) is 0 Å². The van der Waals surface area contributed by atoms with Crippen LogP contribution in [0.3, 0.4) is 0 Å². The van der Waals surface area contributed by atoms with Gasteiger partial charge in [-0.25, -0.2) is 0 Å². The number of rotatable bonds is 9. The average molecular weight is 631 g/mol. The van der Waals surface area contributed by atoms with Crippen LogP contribution >= 0.6 is 0 Å². The van der Waals surface area contributed by atoms with Crippen molar-refractivity contribution in [2.24, 2.45) is 50.7 Å². The number of carbonyl (C=O) groups is 4. The molecule has 0 radical (unpaired) electrons. The summed E-state index contributed by atoms with van der Waals surface area (Å²) in [7, 11) is 0. The van der Waals surface area contributed by atoms with Gasteiger partial charge in [-0.15, -0.1) is 0 Å². The highest BCUT2D eigenvalue weighted by Gasteiger charge is 2.85. The fraction of sp³-hybridized carbons (Fsp3) is 0.889. The summed E-state index contributed by atoms with van der Waals surface area (Å²) in [5.74, 6) is 0.636. The molecular formula is C36H54O9. The molecule has 6 aliphatic rings. The maximum absolute atomic E-state index is 14.9. The summed E-state index contributed by atoms with van der Waals surface area (Å²) in [4.78, 5) is 49.4. The van der Waals surface area contributed by atoms with E-state index in [1.54, 1.807) is 13.8 Å². The van der Waals surface area contributed by atoms with Crippen molar-refractivity contribution in [1.82, 2.24) is 0 Å². The maximum atomic E-state index is 14.9. The number of ketones is 1. The zero-order valence-electron chi connectivity index (χ0n) is 28.4. The van der Waals surface area contributed by atoms with E-state index in [9.17, 15) is 24.3 Å². The van der Waals surface area contributed by atoms with Crippen molar-refractivity contribution in [3.63, 3.8) is 0 Å². The van der Waals surface area contributed by atoms with Crippen LogP contribution in [-0.4, -0.2) is 72.3 Å². The van der Waals surface area contributed by atoms with Crippen LogP contribution in [-0.2, 0) is 38.1 Å². The predicted octanol–water partition coefficient (Wildman–Crippen LogP) is 4.84. The summed E-state index contributed by atoms with van der Waals surface area (Å²) >= 11 is 0. The minimum absolute atomic E-state index is 0.0722. The Hall–Kier alpha value is -1.68. The molecule has 1 unspecified atom stereocenters. The number of Topliss-reactive ketones (excluding diaryl/α,β-unsaturated/α-hetero) is 1. The first-order valence-corrected chi connectivity index (χ1v) is 17.2. The van der Waals surface area contributed by atoms with E-state index in [2.05, 4.69) is 34.6 Å². The lowest BCUT2D eigenvalue weighted by Gasteiger charge is -2.62. The molecule has 0 amide bonds. The molecule has 13 atom stereocenters. The van der Waals surface area contributed by atoms with E-state index in [1.807, 2.05) is 0 Å². The van der Waals surface area contributed by atoms with Gasteiger partial charge in [-0.05, 0) is 105 Å². The van der Waals surface area contributed by atoms with Gasteiger partial charge in [0.2, 0.25) is 6.29 Å². The van der Waals surface area contributed by atoms with Crippen LogP contribution in [0, 0.1) is 50.7 Å². The highest BCUT2D eigenvalue weighted by Crippen LogP contribution is 2.89. The Morgan fingerprint density at radius 1 is 1.07 bits per heavy atom. The van der Waals surface area contributed by atoms with Gasteiger partial charge in [-0.2, -0.15) is 0 Å². The SMILES string of the molecule is CC(=O)O[C@@H]([C@H]1C[C@@H](C)C2[C@H](O1)C(=O)[C@@]1(C)[C@@H]3CC[C@H]4C(C)(C)[C@@H](O[C@@H](C=O)OCC=O)CC[C@@]45C[C@@]35CC[C@]21C)C(C)(C)O. The molecule has 0 aromatic heterocycles. The molecule has 6 rings (SSSR count). The highest BCUT2D eigenvalue weighted by molar-refractivity contribution is 5.93. The van der Waals surface area contributed by atoms with E-state index in [4.69, 9.17) is 18.9 Å². The third kappa shape index (κ3) is 4.45. The molecule has 5 saturated carbocycles. The van der Waals surface area contributed by atoms with Crippen LogP contribution in [0.2, 0.25) is 0 Å². The van der Waals surface area contributed by atoms with Crippen molar-refractivity contribution >= 4 is 24.3 Å². The topological polar surface area (TPSA) is 125 Å². The molecule has 1 heterocycles. The van der Waals surface area contributed by atoms with Gasteiger partial charge in [0, 0.05) is 18.3 Å². The van der Waals surface area contributed by atoms with Gasteiger partial charge in [-0.3, -0.25) is 14.4 Å². The number of fused-ring (bicyclic) bond motifs is 4. The molecule has 9 nitrogen and oxygen atoms in total. The minimum Gasteiger partial charge on any atom is -0.457 e. The first-order valence-electron chi connectivity index (χ1n) is 17.2. The Labute approximate surface area is 267 Å². The predicted molar refractivity (Wildman–Crippen MR) is 164 cm³/mol. The first kappa shape index (κ1) is 33.2. The Bertz CT molecular complexity index is 1240. The van der Waals surface area contributed by atoms with Crippen molar-refractivity contribution in [3.05, 3.63) is 0 Å². The normalized spacial score (nSPS) is 47.6. The maximum Gasteiger partial charge on any atom is 0.303 e. The Morgan fingerprint density at radius 3 is 2.36 bits per heavy atom. The molecule has 1 saturated heterocycles. The van der Waals surface area contributed by atoms with Gasteiger partial charge < -0.3 is 28.8 Å². The fourth-order valence-electron chi connectivity index (χ4n) is 12.7. The van der Waals surface area contributed by atoms with Gasteiger partial charge in [0.15, 0.2) is 18.2 Å². The average Bonchev–Trinajstić information content (AvgIpc) is 3.59. The summed E-state index contributed by atoms with van der Waals surface area (Å²) in [6, 6.07) is 0. The van der Waals surface area contributed by atoms with E-state index >= 15 is 0 Å². The summed E-state index contributed by atoms with van der Waals surface area (Å²) in [6.07, 6.45) is 5.69. The van der Waals surface area contributed by atoms with E-state index in [0.29, 0.717) is 24.9 Å². The van der Waals surface area contributed by atoms with Gasteiger partial charge >= 0.3 is 5.97 Å². The van der Waals surface area contributed by atoms with Crippen molar-refractivity contribution in [2.75, 3.05) is 6.61 Å². The molecule has 252 valence electrons. The van der Waals surface area contributed by atoms with Crippen molar-refractivity contribution < 1.29 is 43.2 Å². The Balaban J connectivity index is 1.28. The number of carbonyl (C=O) groups excluding carboxylic acids is 4. The molecular weight excluding hydrogens is 576 g/mol. The molecule has 1 N–H and O–H groups in total. The summed E-state index contributed by atoms with van der Waals surface area (Å²) in [5, 5.41) is 11.0. The number of aldehydes is 2. The lowest BCUT2D eigenvalue weighted by Crippen LogP contribution is -2.59. The molecule has 45 heavy (non-hydrogen) atoms. The largest absolute Gasteiger partial charge is 0.457 e. The lowest BCUT2D eigenvalue weighted by molar-refractivity contribution is -0.221. The van der Waals surface area contributed by atoms with E-state index in [-0.39, 0.29) is 57.9 Å². The van der Waals surface area contributed by atoms with Crippen molar-refractivity contribution in [2.45, 2.75) is 143 Å². The number of hydrogen-bond acceptors (Lipinski definition) is 9. The third-order valence-electron chi connectivity index (χ3n) is 14.6. The molecule has 0 bridgehead atoms.